The van der Waals surface area contributed by atoms with E-state index in [0.717, 1.165) is 36.2 Å². The fourth-order valence-corrected chi connectivity index (χ4v) is 3.29. The summed E-state index contributed by atoms with van der Waals surface area (Å²) in [5, 5.41) is 2.90. The highest BCUT2D eigenvalue weighted by Gasteiger charge is 2.32. The van der Waals surface area contributed by atoms with E-state index in [4.69, 9.17) is 0 Å². The molecule has 148 valence electrons. The summed E-state index contributed by atoms with van der Waals surface area (Å²) in [7, 11) is 0. The van der Waals surface area contributed by atoms with E-state index in [1.807, 2.05) is 39.0 Å². The van der Waals surface area contributed by atoms with Gasteiger partial charge in [-0.15, -0.1) is 0 Å². The van der Waals surface area contributed by atoms with Gasteiger partial charge in [0.25, 0.3) is 5.91 Å². The summed E-state index contributed by atoms with van der Waals surface area (Å²) in [5.74, 6) is -0.459. The average Bonchev–Trinajstić information content (AvgIpc) is 3.00. The van der Waals surface area contributed by atoms with Crippen molar-refractivity contribution in [2.75, 3.05) is 5.32 Å². The zero-order chi connectivity index (χ0) is 20.5. The lowest BCUT2D eigenvalue weighted by molar-refractivity contribution is -0.137. The first-order valence-corrected chi connectivity index (χ1v) is 9.24. The third-order valence-corrected chi connectivity index (χ3v) is 4.70. The summed E-state index contributed by atoms with van der Waals surface area (Å²) in [4.78, 5) is 17.5. The molecule has 2 heterocycles. The van der Waals surface area contributed by atoms with Crippen molar-refractivity contribution in [3.63, 3.8) is 0 Å². The van der Waals surface area contributed by atoms with Crippen molar-refractivity contribution in [1.82, 2.24) is 9.38 Å². The largest absolute Gasteiger partial charge is 0.417 e. The number of imidazole rings is 1. The minimum absolute atomic E-state index is 0.147. The van der Waals surface area contributed by atoms with Gasteiger partial charge in [0.05, 0.1) is 11.3 Å². The Bertz CT molecular complexity index is 1020. The van der Waals surface area contributed by atoms with E-state index in [1.165, 1.54) is 10.5 Å². The van der Waals surface area contributed by atoms with Crippen LogP contribution in [0.25, 0.3) is 5.65 Å². The van der Waals surface area contributed by atoms with Crippen LogP contribution in [0.2, 0.25) is 0 Å². The van der Waals surface area contributed by atoms with Gasteiger partial charge in [-0.2, -0.15) is 13.2 Å². The number of benzene rings is 1. The Morgan fingerprint density at radius 2 is 1.93 bits per heavy atom. The molecule has 0 aliphatic heterocycles. The predicted octanol–water partition coefficient (Wildman–Crippen LogP) is 5.43. The van der Waals surface area contributed by atoms with Crippen molar-refractivity contribution in [3.8, 4) is 0 Å². The Labute approximate surface area is 161 Å². The molecule has 4 nitrogen and oxygen atoms in total. The number of carbonyl (C=O) groups excluding carboxylic acids is 1. The summed E-state index contributed by atoms with van der Waals surface area (Å²) in [6.07, 6.45) is -1.61. The molecule has 1 amide bonds. The van der Waals surface area contributed by atoms with Gasteiger partial charge in [-0.25, -0.2) is 4.98 Å². The fraction of sp³-hybridized carbons (Fsp3) is 0.333. The molecule has 0 fully saturated rings. The van der Waals surface area contributed by atoms with Crippen LogP contribution in [0.5, 0.6) is 0 Å². The zero-order valence-electron chi connectivity index (χ0n) is 16.0. The van der Waals surface area contributed by atoms with E-state index in [0.29, 0.717) is 23.4 Å². The summed E-state index contributed by atoms with van der Waals surface area (Å²) < 4.78 is 40.7. The molecule has 0 saturated carbocycles. The third kappa shape index (κ3) is 3.74. The number of pyridine rings is 1. The number of alkyl halides is 3. The zero-order valence-corrected chi connectivity index (χ0v) is 16.0. The highest BCUT2D eigenvalue weighted by Crippen LogP contribution is 2.30. The minimum atomic E-state index is -4.50. The Morgan fingerprint density at radius 1 is 1.18 bits per heavy atom. The number of aryl methyl sites for hydroxylation is 3. The van der Waals surface area contributed by atoms with Crippen molar-refractivity contribution in [3.05, 3.63) is 64.6 Å². The maximum atomic E-state index is 13.2. The number of amides is 1. The Hall–Kier alpha value is -2.83. The number of nitrogens with zero attached hydrogens (tertiary/aromatic N) is 2. The number of nitrogens with one attached hydrogen (secondary N) is 1. The van der Waals surface area contributed by atoms with E-state index in [9.17, 15) is 18.0 Å². The van der Waals surface area contributed by atoms with Crippen molar-refractivity contribution >= 4 is 17.2 Å². The first kappa shape index (κ1) is 19.9. The number of anilines is 1. The summed E-state index contributed by atoms with van der Waals surface area (Å²) in [5.41, 5.74) is 2.70. The molecule has 3 aromatic rings. The van der Waals surface area contributed by atoms with Gasteiger partial charge >= 0.3 is 6.18 Å². The predicted molar refractivity (Wildman–Crippen MR) is 103 cm³/mol. The highest BCUT2D eigenvalue weighted by atomic mass is 19.4. The van der Waals surface area contributed by atoms with Crippen molar-refractivity contribution in [1.29, 1.82) is 0 Å². The molecule has 0 spiro atoms. The number of halogens is 3. The number of hydrogen-bond donors (Lipinski definition) is 1. The van der Waals surface area contributed by atoms with E-state index >= 15 is 0 Å². The van der Waals surface area contributed by atoms with Gasteiger partial charge in [0, 0.05) is 11.9 Å². The van der Waals surface area contributed by atoms with Crippen molar-refractivity contribution in [2.45, 2.75) is 46.2 Å². The standard InChI is InChI=1S/C21H22F3N3O/c1-4-7-16-19(20(28)26-18-13(3)8-6-9-14(18)5-2)27-12-15(21(22,23)24)10-11-17(27)25-16/h6,8-12H,4-5,7H2,1-3H3,(H,26,28). The Balaban J connectivity index is 2.12. The van der Waals surface area contributed by atoms with Crippen molar-refractivity contribution in [2.24, 2.45) is 0 Å². The number of aromatic nitrogens is 2. The topological polar surface area (TPSA) is 46.4 Å². The lowest BCUT2D eigenvalue weighted by Gasteiger charge is -2.14. The number of fused-ring (bicyclic) bond motifs is 1. The van der Waals surface area contributed by atoms with Crippen LogP contribution in [0, 0.1) is 6.92 Å². The molecule has 7 heteroatoms. The molecule has 0 atom stereocenters. The van der Waals surface area contributed by atoms with Crippen LogP contribution in [0.3, 0.4) is 0 Å². The van der Waals surface area contributed by atoms with Crippen LogP contribution in [-0.4, -0.2) is 15.3 Å². The first-order chi connectivity index (χ1) is 13.3. The smallest absolute Gasteiger partial charge is 0.320 e. The van der Waals surface area contributed by atoms with Crippen LogP contribution in [0.1, 0.15) is 53.1 Å². The number of rotatable bonds is 5. The second kappa shape index (κ2) is 7.66. The van der Waals surface area contributed by atoms with Crippen LogP contribution >= 0.6 is 0 Å². The molecule has 28 heavy (non-hydrogen) atoms. The SMILES string of the molecule is CCCc1nc2ccc(C(F)(F)F)cn2c1C(=O)Nc1c(C)cccc1CC. The van der Waals surface area contributed by atoms with Gasteiger partial charge in [0.2, 0.25) is 0 Å². The van der Waals surface area contributed by atoms with Crippen LogP contribution in [-0.2, 0) is 19.0 Å². The molecule has 0 radical (unpaired) electrons. The second-order valence-corrected chi connectivity index (χ2v) is 6.72. The minimum Gasteiger partial charge on any atom is -0.320 e. The molecule has 0 aliphatic rings. The van der Waals surface area contributed by atoms with Gasteiger partial charge in [-0.1, -0.05) is 38.5 Å². The molecule has 1 N–H and O–H groups in total. The van der Waals surface area contributed by atoms with Crippen LogP contribution < -0.4 is 5.32 Å². The van der Waals surface area contributed by atoms with Gasteiger partial charge in [-0.3, -0.25) is 9.20 Å². The van der Waals surface area contributed by atoms with Gasteiger partial charge in [0.1, 0.15) is 11.3 Å². The van der Waals surface area contributed by atoms with E-state index in [-0.39, 0.29) is 5.69 Å². The van der Waals surface area contributed by atoms with Gasteiger partial charge < -0.3 is 5.32 Å². The fourth-order valence-electron chi connectivity index (χ4n) is 3.29. The lowest BCUT2D eigenvalue weighted by Crippen LogP contribution is -2.18. The maximum absolute atomic E-state index is 13.2. The van der Waals surface area contributed by atoms with E-state index in [1.54, 1.807) is 0 Å². The summed E-state index contributed by atoms with van der Waals surface area (Å²) >= 11 is 0. The molecular formula is C21H22F3N3O. The molecule has 0 bridgehead atoms. The maximum Gasteiger partial charge on any atom is 0.417 e. The molecule has 2 aromatic heterocycles. The Morgan fingerprint density at radius 3 is 2.57 bits per heavy atom. The lowest BCUT2D eigenvalue weighted by atomic mass is 10.1. The van der Waals surface area contributed by atoms with Crippen LogP contribution in [0.15, 0.2) is 36.5 Å². The number of hydrogen-bond acceptors (Lipinski definition) is 2. The number of para-hydroxylation sites is 1. The summed E-state index contributed by atoms with van der Waals surface area (Å²) in [6, 6.07) is 8.00. The second-order valence-electron chi connectivity index (χ2n) is 6.72. The number of carbonyl (C=O) groups is 1. The highest BCUT2D eigenvalue weighted by molar-refractivity contribution is 6.05. The normalized spacial score (nSPS) is 11.8. The third-order valence-electron chi connectivity index (χ3n) is 4.70. The van der Waals surface area contributed by atoms with E-state index in [2.05, 4.69) is 10.3 Å². The van der Waals surface area contributed by atoms with Gasteiger partial charge in [-0.05, 0) is 43.0 Å². The quantitative estimate of drug-likeness (QED) is 0.633. The molecule has 3 rings (SSSR count). The average molecular weight is 389 g/mol. The molecule has 0 saturated heterocycles. The molecule has 1 aromatic carbocycles. The Kier molecular flexibility index (Phi) is 5.45. The van der Waals surface area contributed by atoms with Crippen LogP contribution in [0.4, 0.5) is 18.9 Å². The van der Waals surface area contributed by atoms with Crippen molar-refractivity contribution < 1.29 is 18.0 Å². The molecule has 0 unspecified atom stereocenters. The first-order valence-electron chi connectivity index (χ1n) is 9.24. The molecule has 0 aliphatic carbocycles. The monoisotopic (exact) mass is 389 g/mol. The van der Waals surface area contributed by atoms with E-state index < -0.39 is 17.6 Å². The molecular weight excluding hydrogens is 367 g/mol. The summed E-state index contributed by atoms with van der Waals surface area (Å²) in [6.45, 7) is 5.80. The van der Waals surface area contributed by atoms with Gasteiger partial charge in [0.15, 0.2) is 0 Å².